The lowest BCUT2D eigenvalue weighted by atomic mass is 10.3. The van der Waals surface area contributed by atoms with Crippen molar-refractivity contribution in [3.63, 3.8) is 0 Å². The average Bonchev–Trinajstić information content (AvgIpc) is 2.05. The zero-order valence-corrected chi connectivity index (χ0v) is 8.71. The summed E-state index contributed by atoms with van der Waals surface area (Å²) in [4.78, 5) is 2.14. The summed E-state index contributed by atoms with van der Waals surface area (Å²) >= 11 is 3.49. The molecule has 0 saturated heterocycles. The maximum absolute atomic E-state index is 3.70. The summed E-state index contributed by atoms with van der Waals surface area (Å²) in [6, 6.07) is 8.15. The molecule has 0 N–H and O–H groups in total. The Balaban J connectivity index is 2.86. The minimum atomic E-state index is 0.864. The van der Waals surface area contributed by atoms with Gasteiger partial charge in [-0.15, -0.1) is 6.58 Å². The molecule has 1 rings (SSSR count). The zero-order valence-electron chi connectivity index (χ0n) is 7.13. The highest BCUT2D eigenvalue weighted by atomic mass is 79.9. The molecule has 0 aliphatic carbocycles. The second-order valence-electron chi connectivity index (χ2n) is 2.62. The van der Waals surface area contributed by atoms with Gasteiger partial charge in [0.1, 0.15) is 0 Å². The summed E-state index contributed by atoms with van der Waals surface area (Å²) in [6.07, 6.45) is 1.89. The van der Waals surface area contributed by atoms with Crippen LogP contribution in [-0.4, -0.2) is 13.6 Å². The van der Waals surface area contributed by atoms with Gasteiger partial charge < -0.3 is 4.90 Å². The van der Waals surface area contributed by atoms with Crippen molar-refractivity contribution >= 4 is 21.6 Å². The Morgan fingerprint density at radius 3 is 2.75 bits per heavy atom. The minimum Gasteiger partial charge on any atom is -0.370 e. The Kier molecular flexibility index (Phi) is 3.35. The van der Waals surface area contributed by atoms with E-state index in [0.717, 1.165) is 11.0 Å². The van der Waals surface area contributed by atoms with Crippen LogP contribution in [0.15, 0.2) is 41.4 Å². The van der Waals surface area contributed by atoms with Crippen molar-refractivity contribution in [2.75, 3.05) is 18.5 Å². The van der Waals surface area contributed by atoms with Crippen molar-refractivity contribution in [1.29, 1.82) is 0 Å². The first-order valence-corrected chi connectivity index (χ1v) is 4.61. The smallest absolute Gasteiger partial charge is 0.0510 e. The van der Waals surface area contributed by atoms with Gasteiger partial charge >= 0.3 is 0 Å². The van der Waals surface area contributed by atoms with Gasteiger partial charge in [0.15, 0.2) is 0 Å². The number of para-hydroxylation sites is 1. The summed E-state index contributed by atoms with van der Waals surface area (Å²) in [5.74, 6) is 0. The number of anilines is 1. The van der Waals surface area contributed by atoms with Gasteiger partial charge in [-0.3, -0.25) is 0 Å². The van der Waals surface area contributed by atoms with Crippen LogP contribution in [0.2, 0.25) is 0 Å². The van der Waals surface area contributed by atoms with E-state index >= 15 is 0 Å². The van der Waals surface area contributed by atoms with Gasteiger partial charge in [-0.2, -0.15) is 0 Å². The van der Waals surface area contributed by atoms with Crippen LogP contribution in [0.5, 0.6) is 0 Å². The predicted molar refractivity (Wildman–Crippen MR) is 57.6 cm³/mol. The molecule has 0 unspecified atom stereocenters. The van der Waals surface area contributed by atoms with Crippen LogP contribution in [0, 0.1) is 0 Å². The van der Waals surface area contributed by atoms with Crippen molar-refractivity contribution < 1.29 is 0 Å². The Morgan fingerprint density at radius 2 is 2.17 bits per heavy atom. The molecule has 0 fully saturated rings. The van der Waals surface area contributed by atoms with Gasteiger partial charge in [0.25, 0.3) is 0 Å². The summed E-state index contributed by atoms with van der Waals surface area (Å²) in [6.45, 7) is 4.56. The highest BCUT2D eigenvalue weighted by Crippen LogP contribution is 2.24. The highest BCUT2D eigenvalue weighted by Gasteiger charge is 2.01. The van der Waals surface area contributed by atoms with E-state index in [-0.39, 0.29) is 0 Å². The number of nitrogens with zero attached hydrogens (tertiary/aromatic N) is 1. The number of halogens is 1. The topological polar surface area (TPSA) is 3.24 Å². The number of hydrogen-bond donors (Lipinski definition) is 0. The molecule has 0 radical (unpaired) electrons. The third kappa shape index (κ3) is 2.11. The van der Waals surface area contributed by atoms with Crippen LogP contribution in [0.4, 0.5) is 5.69 Å². The Morgan fingerprint density at radius 1 is 1.50 bits per heavy atom. The minimum absolute atomic E-state index is 0.864. The number of likely N-dealkylation sites (N-methyl/N-ethyl adjacent to an activating group) is 1. The molecule has 2 heteroatoms. The summed E-state index contributed by atoms with van der Waals surface area (Å²) in [7, 11) is 2.04. The maximum atomic E-state index is 3.70. The fourth-order valence-corrected chi connectivity index (χ4v) is 1.64. The Bertz CT molecular complexity index is 270. The van der Waals surface area contributed by atoms with Crippen LogP contribution in [0.25, 0.3) is 0 Å². The van der Waals surface area contributed by atoms with Crippen LogP contribution in [0.1, 0.15) is 0 Å². The third-order valence-electron chi connectivity index (χ3n) is 1.67. The van der Waals surface area contributed by atoms with E-state index in [1.54, 1.807) is 0 Å². The van der Waals surface area contributed by atoms with Crippen LogP contribution < -0.4 is 4.90 Å². The van der Waals surface area contributed by atoms with Gasteiger partial charge in [0, 0.05) is 18.1 Å². The van der Waals surface area contributed by atoms with Gasteiger partial charge in [-0.25, -0.2) is 0 Å². The molecule has 0 heterocycles. The summed E-state index contributed by atoms with van der Waals surface area (Å²) < 4.78 is 1.12. The SMILES string of the molecule is C=CCN(C)c1ccccc1Br. The van der Waals surface area contributed by atoms with Gasteiger partial charge in [0.2, 0.25) is 0 Å². The van der Waals surface area contributed by atoms with E-state index in [0.29, 0.717) is 0 Å². The van der Waals surface area contributed by atoms with Gasteiger partial charge in [0.05, 0.1) is 5.69 Å². The van der Waals surface area contributed by atoms with E-state index in [9.17, 15) is 0 Å². The first kappa shape index (κ1) is 9.33. The molecule has 0 spiro atoms. The van der Waals surface area contributed by atoms with Crippen molar-refractivity contribution in [3.05, 3.63) is 41.4 Å². The standard InChI is InChI=1S/C10H12BrN/c1-3-8-12(2)10-7-5-4-6-9(10)11/h3-7H,1,8H2,2H3. The van der Waals surface area contributed by atoms with Crippen molar-refractivity contribution in [1.82, 2.24) is 0 Å². The van der Waals surface area contributed by atoms with E-state index in [1.807, 2.05) is 31.3 Å². The molecule has 0 aliphatic rings. The van der Waals surface area contributed by atoms with Crippen LogP contribution in [0.3, 0.4) is 0 Å². The monoisotopic (exact) mass is 225 g/mol. The number of rotatable bonds is 3. The Labute approximate surface area is 81.8 Å². The predicted octanol–water partition coefficient (Wildman–Crippen LogP) is 3.07. The summed E-state index contributed by atoms with van der Waals surface area (Å²) in [5, 5.41) is 0. The van der Waals surface area contributed by atoms with E-state index in [1.165, 1.54) is 5.69 Å². The molecule has 1 nitrogen and oxygen atoms in total. The highest BCUT2D eigenvalue weighted by molar-refractivity contribution is 9.10. The molecule has 1 aromatic carbocycles. The van der Waals surface area contributed by atoms with Gasteiger partial charge in [-0.1, -0.05) is 18.2 Å². The molecule has 0 atom stereocenters. The molecule has 12 heavy (non-hydrogen) atoms. The van der Waals surface area contributed by atoms with Crippen LogP contribution in [-0.2, 0) is 0 Å². The molecular formula is C10H12BrN. The lowest BCUT2D eigenvalue weighted by Gasteiger charge is -2.18. The number of benzene rings is 1. The quantitative estimate of drug-likeness (QED) is 0.716. The maximum Gasteiger partial charge on any atom is 0.0510 e. The average molecular weight is 226 g/mol. The first-order chi connectivity index (χ1) is 5.75. The fraction of sp³-hybridized carbons (Fsp3) is 0.200. The molecule has 64 valence electrons. The van der Waals surface area contributed by atoms with E-state index < -0.39 is 0 Å². The second-order valence-corrected chi connectivity index (χ2v) is 3.47. The summed E-state index contributed by atoms with van der Waals surface area (Å²) in [5.41, 5.74) is 1.19. The molecular weight excluding hydrogens is 214 g/mol. The van der Waals surface area contributed by atoms with Crippen LogP contribution >= 0.6 is 15.9 Å². The van der Waals surface area contributed by atoms with Gasteiger partial charge in [-0.05, 0) is 28.1 Å². The Hall–Kier alpha value is -0.760. The molecule has 0 bridgehead atoms. The van der Waals surface area contributed by atoms with E-state index in [2.05, 4.69) is 33.5 Å². The zero-order chi connectivity index (χ0) is 8.97. The first-order valence-electron chi connectivity index (χ1n) is 3.82. The molecule has 0 aliphatic heterocycles. The largest absolute Gasteiger partial charge is 0.370 e. The lowest BCUT2D eigenvalue weighted by molar-refractivity contribution is 1.03. The molecule has 0 aromatic heterocycles. The third-order valence-corrected chi connectivity index (χ3v) is 2.34. The normalized spacial score (nSPS) is 9.50. The van der Waals surface area contributed by atoms with E-state index in [4.69, 9.17) is 0 Å². The van der Waals surface area contributed by atoms with Crippen molar-refractivity contribution in [3.8, 4) is 0 Å². The number of hydrogen-bond acceptors (Lipinski definition) is 1. The molecule has 1 aromatic rings. The van der Waals surface area contributed by atoms with Crippen molar-refractivity contribution in [2.24, 2.45) is 0 Å². The molecule has 0 amide bonds. The lowest BCUT2D eigenvalue weighted by Crippen LogP contribution is -2.16. The second kappa shape index (κ2) is 4.31. The molecule has 0 saturated carbocycles. The van der Waals surface area contributed by atoms with Crippen molar-refractivity contribution in [2.45, 2.75) is 0 Å². The fourth-order valence-electron chi connectivity index (χ4n) is 1.05.